The van der Waals surface area contributed by atoms with Gasteiger partial charge in [0.1, 0.15) is 0 Å². The zero-order valence-electron chi connectivity index (χ0n) is 32.2. The number of hydrogen-bond acceptors (Lipinski definition) is 12. The number of rotatable bonds is 24. The summed E-state index contributed by atoms with van der Waals surface area (Å²) in [6.45, 7) is 4.04. The summed E-state index contributed by atoms with van der Waals surface area (Å²) in [6, 6.07) is 4.58. The molecule has 0 radical (unpaired) electrons. The average Bonchev–Trinajstić information content (AvgIpc) is 3.95. The number of nitrogens with one attached hydrogen (secondary N) is 8. The van der Waals surface area contributed by atoms with Gasteiger partial charge < -0.3 is 42.5 Å². The van der Waals surface area contributed by atoms with Gasteiger partial charge in [-0.25, -0.2) is 9.59 Å². The number of urea groups is 2. The number of nitrogens with zero attached hydrogens (tertiary/aromatic N) is 4. The number of carbonyl (C=O) groups excluding carboxylic acids is 6. The van der Waals surface area contributed by atoms with Crippen LogP contribution in [0.15, 0.2) is 10.2 Å². The number of unbranched alkanes of at least 4 members (excludes halogenated alkanes) is 2. The largest absolute Gasteiger partial charge is 0.354 e. The number of carbonyl (C=O) groups is 6. The summed E-state index contributed by atoms with van der Waals surface area (Å²) in [6.07, 6.45) is 5.93. The summed E-state index contributed by atoms with van der Waals surface area (Å²) in [5, 5.41) is 51.3. The van der Waals surface area contributed by atoms with Crippen molar-refractivity contribution >= 4 is 59.2 Å². The summed E-state index contributed by atoms with van der Waals surface area (Å²) < 4.78 is 0. The topological polar surface area (TPSA) is 271 Å². The maximum atomic E-state index is 12.4. The van der Waals surface area contributed by atoms with E-state index in [-0.39, 0.29) is 112 Å². The van der Waals surface area contributed by atoms with Crippen molar-refractivity contribution < 1.29 is 28.8 Å². The molecular weight excluding hydrogens is 761 g/mol. The Hall–Kier alpha value is -4.30. The van der Waals surface area contributed by atoms with Gasteiger partial charge in [0.05, 0.1) is 36.3 Å². The average molecular weight is 817 g/mol. The van der Waals surface area contributed by atoms with E-state index in [1.165, 1.54) is 13.8 Å². The fourth-order valence-electron chi connectivity index (χ4n) is 6.90. The maximum absolute atomic E-state index is 12.4. The van der Waals surface area contributed by atoms with Gasteiger partial charge in [0.2, 0.25) is 23.6 Å². The summed E-state index contributed by atoms with van der Waals surface area (Å²) in [7, 11) is 0. The second-order valence-corrected chi connectivity index (χ2v) is 17.7. The Morgan fingerprint density at radius 3 is 1.34 bits per heavy atom. The van der Waals surface area contributed by atoms with Gasteiger partial charge in [-0.2, -0.15) is 44.3 Å². The molecule has 0 saturated carbocycles. The number of amides is 8. The molecule has 8 atom stereocenters. The molecule has 4 rings (SSSR count). The standard InChI is InChI=1S/C36H56N12O6S2/c1-35(21-37,13-11-29(51)41-17-15-39-27(49)9-5-3-7-25-31-23(19-55-25)43-33(53)45-31)47-48-36(2,22-38)14-12-30(52)42-18-16-40-28(50)10-6-4-8-26-32-24(20-56-26)44-34(54)46-32/h23-26,31-32H,3-20H2,1-2H3,(H,39,49)(H,40,50)(H,41,51)(H,42,52)(H2,43,45,53)(H2,44,46,54)/b48-47+/t23-,24-,25-,26-,31-,32-,35?,36?/m0/s1. The van der Waals surface area contributed by atoms with E-state index in [0.29, 0.717) is 23.3 Å². The third-order valence-electron chi connectivity index (χ3n) is 10.4. The van der Waals surface area contributed by atoms with Crippen LogP contribution in [0.5, 0.6) is 0 Å². The van der Waals surface area contributed by atoms with E-state index >= 15 is 0 Å². The molecule has 0 aromatic carbocycles. The molecule has 0 bridgehead atoms. The first kappa shape index (κ1) is 44.4. The predicted octanol–water partition coefficient (Wildman–Crippen LogP) is 1.48. The van der Waals surface area contributed by atoms with Crippen molar-refractivity contribution in [1.82, 2.24) is 42.5 Å². The quantitative estimate of drug-likeness (QED) is 0.0395. The van der Waals surface area contributed by atoms with Crippen molar-refractivity contribution in [1.29, 1.82) is 10.5 Å². The zero-order valence-corrected chi connectivity index (χ0v) is 33.9. The van der Waals surface area contributed by atoms with Crippen LogP contribution in [0.4, 0.5) is 9.59 Å². The fraction of sp³-hybridized carbons (Fsp3) is 0.778. The minimum absolute atomic E-state index is 0.0184. The van der Waals surface area contributed by atoms with Crippen LogP contribution in [0.2, 0.25) is 0 Å². The van der Waals surface area contributed by atoms with Crippen LogP contribution in [-0.4, -0.2) is 119 Å². The fourth-order valence-corrected chi connectivity index (χ4v) is 9.99. The minimum Gasteiger partial charge on any atom is -0.354 e. The SMILES string of the molecule is CC(C#N)(CCC(=O)NCCNC(=O)CCCC[C@@H]1SC[C@@H]2NC(=O)N[C@@H]21)/N=N/C(C)(C#N)CCC(=O)NCCNC(=O)CCCC[C@@H]1SC[C@@H]2NC(=O)N[C@@H]21. The Morgan fingerprint density at radius 2 is 0.982 bits per heavy atom. The number of azo groups is 1. The number of nitriles is 2. The first-order chi connectivity index (χ1) is 26.8. The van der Waals surface area contributed by atoms with Crippen LogP contribution in [0, 0.1) is 22.7 Å². The molecule has 4 fully saturated rings. The molecule has 0 aromatic rings. The van der Waals surface area contributed by atoms with Crippen LogP contribution >= 0.6 is 23.5 Å². The van der Waals surface area contributed by atoms with E-state index in [9.17, 15) is 39.3 Å². The van der Waals surface area contributed by atoms with Gasteiger partial charge >= 0.3 is 12.1 Å². The summed E-state index contributed by atoms with van der Waals surface area (Å²) in [4.78, 5) is 72.4. The lowest BCUT2D eigenvalue weighted by Gasteiger charge is -2.19. The first-order valence-electron chi connectivity index (χ1n) is 19.5. The highest BCUT2D eigenvalue weighted by molar-refractivity contribution is 8.00. The third-order valence-corrected chi connectivity index (χ3v) is 13.4. The minimum atomic E-state index is -1.37. The summed E-state index contributed by atoms with van der Waals surface area (Å²) in [5.41, 5.74) is -2.74. The smallest absolute Gasteiger partial charge is 0.315 e. The van der Waals surface area contributed by atoms with Gasteiger partial charge in [0.15, 0.2) is 11.1 Å². The molecule has 308 valence electrons. The second-order valence-electron chi connectivity index (χ2n) is 15.1. The molecule has 20 heteroatoms. The highest BCUT2D eigenvalue weighted by atomic mass is 32.2. The summed E-state index contributed by atoms with van der Waals surface area (Å²) in [5.74, 6) is 0.985. The van der Waals surface area contributed by atoms with Crippen molar-refractivity contribution in [3.8, 4) is 12.1 Å². The Balaban J connectivity index is 1.00. The monoisotopic (exact) mass is 816 g/mol. The molecule has 0 spiro atoms. The molecule has 2 unspecified atom stereocenters. The van der Waals surface area contributed by atoms with E-state index < -0.39 is 11.1 Å². The Morgan fingerprint density at radius 1 is 0.625 bits per heavy atom. The second kappa shape index (κ2) is 21.9. The zero-order chi connectivity index (χ0) is 40.6. The molecule has 4 aliphatic heterocycles. The summed E-state index contributed by atoms with van der Waals surface area (Å²) >= 11 is 3.70. The Bertz CT molecular complexity index is 1430. The molecule has 18 nitrogen and oxygen atoms in total. The van der Waals surface area contributed by atoms with Crippen molar-refractivity contribution in [2.45, 2.75) is 137 Å². The highest BCUT2D eigenvalue weighted by Crippen LogP contribution is 2.34. The molecule has 8 amide bonds. The Kier molecular flexibility index (Phi) is 17.3. The molecule has 8 N–H and O–H groups in total. The molecule has 4 aliphatic rings. The third kappa shape index (κ3) is 14.3. The number of thioether (sulfide) groups is 2. The van der Waals surface area contributed by atoms with Crippen molar-refractivity contribution in [3.63, 3.8) is 0 Å². The molecule has 0 aliphatic carbocycles. The van der Waals surface area contributed by atoms with Crippen molar-refractivity contribution in [2.24, 2.45) is 10.2 Å². The van der Waals surface area contributed by atoms with Crippen molar-refractivity contribution in [2.75, 3.05) is 37.7 Å². The molecule has 4 saturated heterocycles. The van der Waals surface area contributed by atoms with Gasteiger partial charge in [0.25, 0.3) is 0 Å². The van der Waals surface area contributed by atoms with E-state index in [0.717, 1.165) is 50.0 Å². The van der Waals surface area contributed by atoms with Gasteiger partial charge in [-0.3, -0.25) is 19.2 Å². The molecule has 56 heavy (non-hydrogen) atoms. The van der Waals surface area contributed by atoms with Crippen LogP contribution in [0.1, 0.15) is 90.9 Å². The first-order valence-corrected chi connectivity index (χ1v) is 21.6. The van der Waals surface area contributed by atoms with E-state index in [2.05, 4.69) is 64.9 Å². The van der Waals surface area contributed by atoms with E-state index in [1.807, 2.05) is 23.5 Å². The van der Waals surface area contributed by atoms with Crippen LogP contribution in [-0.2, 0) is 19.2 Å². The van der Waals surface area contributed by atoms with Gasteiger partial charge in [-0.05, 0) is 52.4 Å². The maximum Gasteiger partial charge on any atom is 0.315 e. The lowest BCUT2D eigenvalue weighted by Crippen LogP contribution is -2.37. The van der Waals surface area contributed by atoms with Crippen LogP contribution in [0.25, 0.3) is 0 Å². The van der Waals surface area contributed by atoms with Crippen LogP contribution in [0.3, 0.4) is 0 Å². The molecule has 0 aromatic heterocycles. The normalized spacial score (nSPS) is 25.5. The molecule has 4 heterocycles. The predicted molar refractivity (Wildman–Crippen MR) is 211 cm³/mol. The number of fused-ring (bicyclic) bond motifs is 2. The lowest BCUT2D eigenvalue weighted by molar-refractivity contribution is -0.123. The Labute approximate surface area is 336 Å². The van der Waals surface area contributed by atoms with Crippen LogP contribution < -0.4 is 42.5 Å². The lowest BCUT2D eigenvalue weighted by atomic mass is 9.97. The highest BCUT2D eigenvalue weighted by Gasteiger charge is 2.43. The van der Waals surface area contributed by atoms with Gasteiger partial charge in [-0.1, -0.05) is 12.8 Å². The van der Waals surface area contributed by atoms with Gasteiger partial charge in [0, 0.05) is 73.9 Å². The molecular formula is C36H56N12O6S2. The van der Waals surface area contributed by atoms with Gasteiger partial charge in [-0.15, -0.1) is 0 Å². The van der Waals surface area contributed by atoms with E-state index in [4.69, 9.17) is 0 Å². The van der Waals surface area contributed by atoms with E-state index in [1.54, 1.807) is 0 Å². The van der Waals surface area contributed by atoms with Crippen molar-refractivity contribution in [3.05, 3.63) is 0 Å². The number of hydrogen-bond donors (Lipinski definition) is 8.